The summed E-state index contributed by atoms with van der Waals surface area (Å²) >= 11 is 0. The molecule has 0 unspecified atom stereocenters. The van der Waals surface area contributed by atoms with Crippen LogP contribution in [0.3, 0.4) is 0 Å². The maximum Gasteiger partial charge on any atom is -0.00186 e. The van der Waals surface area contributed by atoms with Gasteiger partial charge in [-0.3, -0.25) is 0 Å². The van der Waals surface area contributed by atoms with Crippen LogP contribution in [0.25, 0.3) is 0 Å². The predicted molar refractivity (Wildman–Crippen MR) is 20.7 cm³/mol. The van der Waals surface area contributed by atoms with Crippen molar-refractivity contribution in [2.75, 3.05) is 0 Å². The van der Waals surface area contributed by atoms with Crippen molar-refractivity contribution < 1.29 is 10.2 Å². The molecular formula is H4N6O2. The summed E-state index contributed by atoms with van der Waals surface area (Å²) in [5.74, 6) is 4.48. The minimum absolute atomic E-state index is 1.59. The molecule has 0 radical (unpaired) electrons. The van der Waals surface area contributed by atoms with Gasteiger partial charge in [0, 0.05) is 0 Å². The molecule has 0 saturated heterocycles. The van der Waals surface area contributed by atoms with Crippen LogP contribution < -0.4 is 11.4 Å². The third-order valence-corrected chi connectivity index (χ3v) is 0.218. The number of hydrogen-bond donors (Lipinski definition) is 3. The molecule has 0 aromatic rings. The molecule has 46 valence electrons. The van der Waals surface area contributed by atoms with Crippen molar-refractivity contribution in [3.63, 3.8) is 0 Å². The predicted octanol–water partition coefficient (Wildman–Crippen LogP) is -0.411. The summed E-state index contributed by atoms with van der Waals surface area (Å²) in [5.41, 5.74) is 1.59. The van der Waals surface area contributed by atoms with E-state index in [1.54, 1.807) is 5.59 Å². The molecule has 0 fully saturated rings. The normalized spacial score (nSPS) is 11.1. The molecule has 0 aliphatic carbocycles. The molecule has 0 aromatic heterocycles. The SMILES string of the molecule is N/N=N/N=N/NOO. The van der Waals surface area contributed by atoms with Crippen LogP contribution in [0.15, 0.2) is 20.9 Å². The van der Waals surface area contributed by atoms with Gasteiger partial charge in [0.15, 0.2) is 0 Å². The van der Waals surface area contributed by atoms with Gasteiger partial charge < -0.3 is 5.84 Å². The number of rotatable bonds is 3. The van der Waals surface area contributed by atoms with Crippen molar-refractivity contribution in [3.8, 4) is 0 Å². The lowest BCUT2D eigenvalue weighted by molar-refractivity contribution is -0.293. The van der Waals surface area contributed by atoms with Crippen molar-refractivity contribution in [2.24, 2.45) is 26.7 Å². The lowest BCUT2D eigenvalue weighted by Gasteiger charge is -1.81. The van der Waals surface area contributed by atoms with Gasteiger partial charge >= 0.3 is 0 Å². The van der Waals surface area contributed by atoms with E-state index >= 15 is 0 Å². The van der Waals surface area contributed by atoms with Gasteiger partial charge in [-0.1, -0.05) is 10.2 Å². The van der Waals surface area contributed by atoms with Crippen LogP contribution in [-0.2, 0) is 4.99 Å². The van der Waals surface area contributed by atoms with Gasteiger partial charge in [0.2, 0.25) is 0 Å². The van der Waals surface area contributed by atoms with E-state index in [-0.39, 0.29) is 0 Å². The molecule has 0 aromatic carbocycles. The van der Waals surface area contributed by atoms with Crippen molar-refractivity contribution in [2.45, 2.75) is 0 Å². The van der Waals surface area contributed by atoms with Gasteiger partial charge in [0.1, 0.15) is 0 Å². The molecule has 4 N–H and O–H groups in total. The second-order valence-corrected chi connectivity index (χ2v) is 0.577. The van der Waals surface area contributed by atoms with E-state index < -0.39 is 0 Å². The Hall–Kier alpha value is -1.28. The molecule has 0 heterocycles. The van der Waals surface area contributed by atoms with Crippen LogP contribution >= 0.6 is 0 Å². The molecule has 0 rings (SSSR count). The minimum Gasteiger partial charge on any atom is -0.303 e. The highest BCUT2D eigenvalue weighted by Gasteiger charge is 1.65. The molecule has 0 aliphatic heterocycles. The van der Waals surface area contributed by atoms with E-state index in [0.29, 0.717) is 0 Å². The van der Waals surface area contributed by atoms with Crippen LogP contribution in [0.4, 0.5) is 0 Å². The quantitative estimate of drug-likeness (QED) is 0.203. The Labute approximate surface area is 43.9 Å². The van der Waals surface area contributed by atoms with Gasteiger partial charge in [-0.15, -0.1) is 5.59 Å². The van der Waals surface area contributed by atoms with E-state index in [0.717, 1.165) is 0 Å². The Morgan fingerprint density at radius 3 is 2.75 bits per heavy atom. The number of nitrogens with zero attached hydrogens (tertiary/aromatic N) is 4. The Bertz CT molecular complexity index is 84.5. The fourth-order valence-electron chi connectivity index (χ4n) is 0.0796. The molecule has 8 heavy (non-hydrogen) atoms. The number of hydrogen-bond acceptors (Lipinski definition) is 4. The molecule has 8 heteroatoms. The molecule has 0 bridgehead atoms. The smallest absolute Gasteiger partial charge is 0.00186 e. The first-order valence-corrected chi connectivity index (χ1v) is 1.47. The molecule has 8 nitrogen and oxygen atoms in total. The second-order valence-electron chi connectivity index (χ2n) is 0.577. The maximum atomic E-state index is 7.50. The number of nitrogens with one attached hydrogen (secondary N) is 1. The minimum atomic E-state index is 1.59. The van der Waals surface area contributed by atoms with Crippen LogP contribution in [0.5, 0.6) is 0 Å². The second kappa shape index (κ2) is 5.72. The van der Waals surface area contributed by atoms with Gasteiger partial charge in [-0.05, 0) is 15.7 Å². The highest BCUT2D eigenvalue weighted by Crippen LogP contribution is 1.69. The first-order chi connectivity index (χ1) is 3.91. The van der Waals surface area contributed by atoms with Crippen molar-refractivity contribution >= 4 is 0 Å². The topological polar surface area (TPSA) is 117 Å². The van der Waals surface area contributed by atoms with E-state index in [9.17, 15) is 0 Å². The van der Waals surface area contributed by atoms with Crippen molar-refractivity contribution in [1.29, 1.82) is 0 Å². The summed E-state index contributed by atoms with van der Waals surface area (Å²) in [5, 5.41) is 18.7. The Morgan fingerprint density at radius 2 is 2.25 bits per heavy atom. The summed E-state index contributed by atoms with van der Waals surface area (Å²) in [6.07, 6.45) is 0. The third kappa shape index (κ3) is 4.72. The Kier molecular flexibility index (Phi) is 4.80. The summed E-state index contributed by atoms with van der Waals surface area (Å²) in [4.78, 5) is 3.24. The first-order valence-electron chi connectivity index (χ1n) is 1.47. The number of nitrogens with two attached hydrogens (primary N) is 1. The first kappa shape index (κ1) is 6.72. The Morgan fingerprint density at radius 1 is 1.50 bits per heavy atom. The summed E-state index contributed by atoms with van der Waals surface area (Å²) in [7, 11) is 0. The fourth-order valence-corrected chi connectivity index (χ4v) is 0.0796. The van der Waals surface area contributed by atoms with Crippen LogP contribution in [0.2, 0.25) is 0 Å². The lowest BCUT2D eigenvalue weighted by Crippen LogP contribution is -1.99. The molecule has 0 aliphatic rings. The molecular weight excluding hydrogens is 116 g/mol. The highest BCUT2D eigenvalue weighted by atomic mass is 17.2. The average molecular weight is 120 g/mol. The van der Waals surface area contributed by atoms with Gasteiger partial charge in [0.25, 0.3) is 0 Å². The van der Waals surface area contributed by atoms with E-state index in [1.807, 2.05) is 0 Å². The average Bonchev–Trinajstić information content (AvgIpc) is 1.81. The molecule has 0 spiro atoms. The van der Waals surface area contributed by atoms with Crippen molar-refractivity contribution in [1.82, 2.24) is 5.59 Å². The third-order valence-electron chi connectivity index (χ3n) is 0.218. The largest absolute Gasteiger partial charge is 0.303 e. The Balaban J connectivity index is 3.07. The summed E-state index contributed by atoms with van der Waals surface area (Å²) < 4.78 is 0. The van der Waals surface area contributed by atoms with Crippen LogP contribution in [-0.4, -0.2) is 5.26 Å². The molecule has 0 atom stereocenters. The van der Waals surface area contributed by atoms with E-state index in [4.69, 9.17) is 5.26 Å². The standard InChI is InChI=1S/H4N6O2/c1-2-3-4-5-6-8-7/h7H,(H2,1,3,5)(H,2,4,6). The zero-order valence-corrected chi connectivity index (χ0v) is 3.72. The van der Waals surface area contributed by atoms with Crippen molar-refractivity contribution in [3.05, 3.63) is 0 Å². The van der Waals surface area contributed by atoms with Gasteiger partial charge in [-0.2, -0.15) is 0 Å². The fraction of sp³-hybridized carbons (Fsp3) is 0. The van der Waals surface area contributed by atoms with Gasteiger partial charge in [0.05, 0.1) is 0 Å². The van der Waals surface area contributed by atoms with Crippen LogP contribution in [0, 0.1) is 0 Å². The van der Waals surface area contributed by atoms with E-state index in [2.05, 4.69) is 31.7 Å². The highest BCUT2D eigenvalue weighted by molar-refractivity contribution is 3.98. The maximum absolute atomic E-state index is 7.50. The lowest BCUT2D eigenvalue weighted by atomic mass is 12.4. The van der Waals surface area contributed by atoms with Gasteiger partial charge in [-0.25, -0.2) is 5.26 Å². The molecule has 0 amide bonds. The van der Waals surface area contributed by atoms with E-state index in [1.165, 1.54) is 0 Å². The summed E-state index contributed by atoms with van der Waals surface area (Å²) in [6.45, 7) is 0. The zero-order chi connectivity index (χ0) is 6.24. The summed E-state index contributed by atoms with van der Waals surface area (Å²) in [6, 6.07) is 0. The monoisotopic (exact) mass is 120 g/mol. The van der Waals surface area contributed by atoms with Crippen LogP contribution in [0.1, 0.15) is 0 Å². The zero-order valence-electron chi connectivity index (χ0n) is 3.72. The molecule has 0 saturated carbocycles.